The number of pyridine rings is 1. The molecule has 0 aliphatic carbocycles. The Kier molecular flexibility index (Phi) is 6.79. The van der Waals surface area contributed by atoms with Crippen LogP contribution in [0.5, 0.6) is 0 Å². The number of carbonyl (C=O) groups is 2. The summed E-state index contributed by atoms with van der Waals surface area (Å²) in [4.78, 5) is 31.9. The highest BCUT2D eigenvalue weighted by Gasteiger charge is 2.36. The lowest BCUT2D eigenvalue weighted by molar-refractivity contribution is -0.138. The molecule has 0 spiro atoms. The minimum absolute atomic E-state index is 0.117. The number of nitrogens with zero attached hydrogens (tertiary/aromatic N) is 3. The first kappa shape index (κ1) is 24.4. The molecule has 4 heterocycles. The zero-order chi connectivity index (χ0) is 25.3. The SMILES string of the molecule is O=C(NCCCC1CCN(C(=O)c2ccccc2C(F)(F)F)CC1)C1=Cc2cnc3cccc(n23)S1. The normalized spacial score (nSPS) is 16.2. The number of carbonyl (C=O) groups excluding carboxylic acids is 2. The van der Waals surface area contributed by atoms with Gasteiger partial charge in [-0.1, -0.05) is 30.0 Å². The third kappa shape index (κ3) is 5.00. The summed E-state index contributed by atoms with van der Waals surface area (Å²) >= 11 is 1.42. The smallest absolute Gasteiger partial charge is 0.352 e. The first-order valence-electron chi connectivity index (χ1n) is 11.9. The molecule has 0 bridgehead atoms. The van der Waals surface area contributed by atoms with E-state index in [0.29, 0.717) is 30.5 Å². The van der Waals surface area contributed by atoms with Crippen LogP contribution < -0.4 is 5.32 Å². The lowest BCUT2D eigenvalue weighted by atomic mass is 9.91. The number of rotatable bonds is 6. The predicted molar refractivity (Wildman–Crippen MR) is 131 cm³/mol. The third-order valence-electron chi connectivity index (χ3n) is 6.68. The van der Waals surface area contributed by atoms with Gasteiger partial charge in [0.05, 0.1) is 32.9 Å². The van der Waals surface area contributed by atoms with E-state index in [1.54, 1.807) is 6.20 Å². The van der Waals surface area contributed by atoms with Crippen LogP contribution in [0, 0.1) is 5.92 Å². The monoisotopic (exact) mass is 514 g/mol. The van der Waals surface area contributed by atoms with Crippen LogP contribution in [0.1, 0.15) is 47.3 Å². The summed E-state index contributed by atoms with van der Waals surface area (Å²) in [5.74, 6) is -0.309. The predicted octanol–water partition coefficient (Wildman–Crippen LogP) is 5.25. The van der Waals surface area contributed by atoms with Gasteiger partial charge in [-0.2, -0.15) is 13.2 Å². The number of thioether (sulfide) groups is 1. The fourth-order valence-corrected chi connectivity index (χ4v) is 5.80. The molecule has 0 atom stereocenters. The summed E-state index contributed by atoms with van der Waals surface area (Å²) < 4.78 is 41.8. The Hall–Kier alpha value is -3.27. The Balaban J connectivity index is 1.07. The van der Waals surface area contributed by atoms with Gasteiger partial charge in [0.1, 0.15) is 5.65 Å². The second kappa shape index (κ2) is 10.0. The van der Waals surface area contributed by atoms with Crippen LogP contribution in [0.15, 0.2) is 58.6 Å². The molecule has 1 N–H and O–H groups in total. The van der Waals surface area contributed by atoms with Gasteiger partial charge in [0.25, 0.3) is 11.8 Å². The number of amides is 2. The molecule has 2 amide bonds. The number of halogens is 3. The van der Waals surface area contributed by atoms with Gasteiger partial charge in [0.2, 0.25) is 0 Å². The van der Waals surface area contributed by atoms with Crippen molar-refractivity contribution >= 4 is 35.3 Å². The Bertz CT molecular complexity index is 1330. The molecule has 3 aromatic rings. The van der Waals surface area contributed by atoms with Crippen LogP contribution in [0.3, 0.4) is 0 Å². The van der Waals surface area contributed by atoms with E-state index in [0.717, 1.165) is 48.1 Å². The zero-order valence-corrected chi connectivity index (χ0v) is 20.2. The summed E-state index contributed by atoms with van der Waals surface area (Å²) in [5.41, 5.74) is 0.548. The highest BCUT2D eigenvalue weighted by atomic mass is 32.2. The Morgan fingerprint density at radius 2 is 1.86 bits per heavy atom. The Morgan fingerprint density at radius 1 is 1.08 bits per heavy atom. The number of imidazole rings is 1. The number of likely N-dealkylation sites (tertiary alicyclic amines) is 1. The molecular weight excluding hydrogens is 489 g/mol. The summed E-state index contributed by atoms with van der Waals surface area (Å²) in [7, 11) is 0. The van der Waals surface area contributed by atoms with E-state index in [-0.39, 0.29) is 11.5 Å². The van der Waals surface area contributed by atoms with E-state index < -0.39 is 17.6 Å². The summed E-state index contributed by atoms with van der Waals surface area (Å²) in [6, 6.07) is 10.8. The van der Waals surface area contributed by atoms with Crippen molar-refractivity contribution < 1.29 is 22.8 Å². The van der Waals surface area contributed by atoms with Crippen molar-refractivity contribution in [2.75, 3.05) is 19.6 Å². The molecule has 0 saturated carbocycles. The van der Waals surface area contributed by atoms with E-state index in [4.69, 9.17) is 0 Å². The maximum absolute atomic E-state index is 13.3. The first-order valence-corrected chi connectivity index (χ1v) is 12.7. The number of nitrogens with one attached hydrogen (secondary N) is 1. The molecule has 0 radical (unpaired) electrons. The second-order valence-corrected chi connectivity index (χ2v) is 10.1. The van der Waals surface area contributed by atoms with Gasteiger partial charge >= 0.3 is 6.18 Å². The Labute approximate surface area is 210 Å². The number of benzene rings is 1. The van der Waals surface area contributed by atoms with Crippen molar-refractivity contribution in [3.63, 3.8) is 0 Å². The van der Waals surface area contributed by atoms with Gasteiger partial charge in [0, 0.05) is 19.6 Å². The number of aromatic nitrogens is 2. The molecule has 36 heavy (non-hydrogen) atoms. The average Bonchev–Trinajstić information content (AvgIpc) is 3.30. The highest BCUT2D eigenvalue weighted by Crippen LogP contribution is 2.35. The number of hydrogen-bond donors (Lipinski definition) is 1. The van der Waals surface area contributed by atoms with Crippen molar-refractivity contribution in [1.82, 2.24) is 19.6 Å². The first-order chi connectivity index (χ1) is 17.3. The standard InChI is InChI=1S/C26H25F3N4O2S/c27-26(28,29)20-7-2-1-6-19(20)25(35)32-13-10-17(11-14-32)5-4-12-30-24(34)21-15-18-16-31-22-8-3-9-23(36-21)33(18)22/h1-3,6-9,15-17H,4-5,10-14H2,(H,30,34). The minimum Gasteiger partial charge on any atom is -0.352 e. The van der Waals surface area contributed by atoms with Crippen molar-refractivity contribution in [3.8, 4) is 0 Å². The highest BCUT2D eigenvalue weighted by molar-refractivity contribution is 8.04. The molecule has 1 aromatic carbocycles. The fourth-order valence-electron chi connectivity index (χ4n) is 4.79. The molecule has 2 aliphatic heterocycles. The van der Waals surface area contributed by atoms with E-state index in [1.165, 1.54) is 34.9 Å². The van der Waals surface area contributed by atoms with Gasteiger partial charge < -0.3 is 10.2 Å². The van der Waals surface area contributed by atoms with Crippen molar-refractivity contribution in [2.24, 2.45) is 5.92 Å². The van der Waals surface area contributed by atoms with Gasteiger partial charge in [0.15, 0.2) is 0 Å². The Morgan fingerprint density at radius 3 is 2.64 bits per heavy atom. The van der Waals surface area contributed by atoms with Crippen LogP contribution in [-0.4, -0.2) is 45.7 Å². The van der Waals surface area contributed by atoms with Crippen molar-refractivity contribution in [1.29, 1.82) is 0 Å². The maximum atomic E-state index is 13.3. The van der Waals surface area contributed by atoms with Gasteiger partial charge in [-0.15, -0.1) is 0 Å². The molecule has 1 saturated heterocycles. The van der Waals surface area contributed by atoms with Crippen LogP contribution in [0.4, 0.5) is 13.2 Å². The van der Waals surface area contributed by atoms with Gasteiger partial charge in [-0.05, 0) is 61.9 Å². The second-order valence-electron chi connectivity index (χ2n) is 9.03. The van der Waals surface area contributed by atoms with Gasteiger partial charge in [-0.25, -0.2) is 4.98 Å². The number of hydrogen-bond acceptors (Lipinski definition) is 4. The minimum atomic E-state index is -4.56. The number of alkyl halides is 3. The molecule has 2 aromatic heterocycles. The molecular formula is C26H25F3N4O2S. The van der Waals surface area contributed by atoms with Crippen LogP contribution in [0.25, 0.3) is 11.7 Å². The largest absolute Gasteiger partial charge is 0.417 e. The molecule has 6 nitrogen and oxygen atoms in total. The van der Waals surface area contributed by atoms with E-state index in [9.17, 15) is 22.8 Å². The molecule has 5 rings (SSSR count). The summed E-state index contributed by atoms with van der Waals surface area (Å²) in [6.45, 7) is 1.41. The quantitative estimate of drug-likeness (QED) is 0.457. The lowest BCUT2D eigenvalue weighted by Gasteiger charge is -2.32. The zero-order valence-electron chi connectivity index (χ0n) is 19.4. The van der Waals surface area contributed by atoms with Crippen molar-refractivity contribution in [3.05, 3.63) is 70.4 Å². The molecule has 2 aliphatic rings. The molecule has 1 fully saturated rings. The topological polar surface area (TPSA) is 66.7 Å². The molecule has 188 valence electrons. The maximum Gasteiger partial charge on any atom is 0.417 e. The van der Waals surface area contributed by atoms with Crippen molar-refractivity contribution in [2.45, 2.75) is 36.9 Å². The third-order valence-corrected chi connectivity index (χ3v) is 7.73. The van der Waals surface area contributed by atoms with Gasteiger partial charge in [-0.3, -0.25) is 14.0 Å². The van der Waals surface area contributed by atoms with E-state index in [2.05, 4.69) is 10.3 Å². The molecule has 10 heteroatoms. The summed E-state index contributed by atoms with van der Waals surface area (Å²) in [6.07, 6.45) is 2.20. The van der Waals surface area contributed by atoms with Crippen LogP contribution in [-0.2, 0) is 11.0 Å². The number of piperidine rings is 1. The summed E-state index contributed by atoms with van der Waals surface area (Å²) in [5, 5.41) is 3.94. The average molecular weight is 515 g/mol. The molecule has 0 unspecified atom stereocenters. The van der Waals surface area contributed by atoms with E-state index in [1.807, 2.05) is 28.7 Å². The van der Waals surface area contributed by atoms with Crippen LogP contribution >= 0.6 is 11.8 Å². The van der Waals surface area contributed by atoms with Crippen LogP contribution in [0.2, 0.25) is 0 Å². The van der Waals surface area contributed by atoms with E-state index >= 15 is 0 Å². The fraction of sp³-hybridized carbons (Fsp3) is 0.346. The lowest BCUT2D eigenvalue weighted by Crippen LogP contribution is -2.39.